The van der Waals surface area contributed by atoms with Crippen molar-refractivity contribution in [1.82, 2.24) is 25.9 Å². The number of carbonyl (C=O) groups is 6. The number of thioether (sulfide) groups is 1. The lowest BCUT2D eigenvalue weighted by atomic mass is 9.98. The van der Waals surface area contributed by atoms with Gasteiger partial charge < -0.3 is 47.6 Å². The number of primary amides is 1. The molecule has 260 valence electrons. The second-order valence-corrected chi connectivity index (χ2v) is 12.6. The van der Waals surface area contributed by atoms with Gasteiger partial charge in [0.2, 0.25) is 23.6 Å². The molecule has 4 rings (SSSR count). The van der Waals surface area contributed by atoms with E-state index in [2.05, 4.69) is 25.9 Å². The van der Waals surface area contributed by atoms with Crippen LogP contribution in [0.3, 0.4) is 0 Å². The summed E-state index contributed by atoms with van der Waals surface area (Å²) in [6.45, 7) is 0. The van der Waals surface area contributed by atoms with E-state index in [0.717, 1.165) is 27.4 Å². The third-order valence-electron chi connectivity index (χ3n) is 8.15. The largest absolute Gasteiger partial charge is 0.481 e. The highest BCUT2D eigenvalue weighted by Crippen LogP contribution is 2.21. The van der Waals surface area contributed by atoms with Crippen molar-refractivity contribution in [2.24, 2.45) is 17.4 Å². The summed E-state index contributed by atoms with van der Waals surface area (Å²) >= 11 is 1.44. The van der Waals surface area contributed by atoms with Gasteiger partial charge in [0.25, 0.3) is 0 Å². The number of hydrogen-bond acceptors (Lipinski definition) is 8. The molecule has 0 aliphatic rings. The molecule has 2 aromatic heterocycles. The molecule has 0 saturated carbocycles. The first-order chi connectivity index (χ1) is 23.4. The maximum atomic E-state index is 13.8. The van der Waals surface area contributed by atoms with E-state index in [1.54, 1.807) is 18.5 Å². The Labute approximate surface area is 284 Å². The fraction of sp³-hybridized carbons (Fsp3) is 0.333. The van der Waals surface area contributed by atoms with E-state index in [0.29, 0.717) is 11.3 Å². The summed E-state index contributed by atoms with van der Waals surface area (Å²) in [4.78, 5) is 82.1. The summed E-state index contributed by atoms with van der Waals surface area (Å²) in [5.41, 5.74) is 14.8. The van der Waals surface area contributed by atoms with Crippen molar-refractivity contribution in [3.8, 4) is 0 Å². The number of para-hydroxylation sites is 2. The van der Waals surface area contributed by atoms with Gasteiger partial charge in [-0.2, -0.15) is 11.8 Å². The van der Waals surface area contributed by atoms with Gasteiger partial charge in [-0.05, 0) is 48.1 Å². The van der Waals surface area contributed by atoms with Crippen molar-refractivity contribution in [3.63, 3.8) is 0 Å². The summed E-state index contributed by atoms with van der Waals surface area (Å²) in [5.74, 6) is -8.34. The van der Waals surface area contributed by atoms with Crippen molar-refractivity contribution in [2.75, 3.05) is 12.0 Å². The van der Waals surface area contributed by atoms with Gasteiger partial charge in [-0.1, -0.05) is 36.4 Å². The second kappa shape index (κ2) is 16.7. The molecule has 0 aliphatic heterocycles. The predicted molar refractivity (Wildman–Crippen MR) is 183 cm³/mol. The summed E-state index contributed by atoms with van der Waals surface area (Å²) < 4.78 is 0. The van der Waals surface area contributed by atoms with E-state index in [4.69, 9.17) is 11.5 Å². The van der Waals surface area contributed by atoms with Gasteiger partial charge in [0.15, 0.2) is 5.92 Å². The molecule has 0 fully saturated rings. The fourth-order valence-electron chi connectivity index (χ4n) is 5.48. The van der Waals surface area contributed by atoms with Crippen LogP contribution in [0.1, 0.15) is 24.0 Å². The van der Waals surface area contributed by atoms with Gasteiger partial charge >= 0.3 is 11.9 Å². The maximum absolute atomic E-state index is 13.8. The van der Waals surface area contributed by atoms with Crippen LogP contribution in [0.25, 0.3) is 21.8 Å². The number of nitrogens with two attached hydrogens (primary N) is 2. The Bertz CT molecular complexity index is 1830. The lowest BCUT2D eigenvalue weighted by molar-refractivity contribution is -0.155. The zero-order chi connectivity index (χ0) is 35.7. The topological polar surface area (TPSA) is 263 Å². The molecule has 4 amide bonds. The normalized spacial score (nSPS) is 13.8. The highest BCUT2D eigenvalue weighted by molar-refractivity contribution is 7.98. The highest BCUT2D eigenvalue weighted by atomic mass is 32.2. The number of nitrogens with one attached hydrogen (secondary N) is 5. The average molecular weight is 694 g/mol. The zero-order valence-electron chi connectivity index (χ0n) is 26.6. The molecule has 0 radical (unpaired) electrons. The third-order valence-corrected chi connectivity index (χ3v) is 8.80. The molecular weight excluding hydrogens is 654 g/mol. The molecule has 4 aromatic rings. The molecule has 49 heavy (non-hydrogen) atoms. The van der Waals surface area contributed by atoms with Gasteiger partial charge in [-0.15, -0.1) is 0 Å². The lowest BCUT2D eigenvalue weighted by Crippen LogP contribution is -2.58. The molecule has 0 aliphatic carbocycles. The SMILES string of the molecule is CSCC[C@@H](NC(=O)[C@H](N)Cc1c[nH]c2ccccc12)C(=O)N[C@H](Cc1c[nH]c2ccccc12)C(=O)N[C@@H](CC(C(=O)O)C(=O)O)C(N)=O. The molecule has 0 unspecified atom stereocenters. The quantitative estimate of drug-likeness (QED) is 0.0656. The zero-order valence-corrected chi connectivity index (χ0v) is 27.4. The Balaban J connectivity index is 1.55. The Morgan fingerprint density at radius 2 is 1.22 bits per heavy atom. The molecule has 4 atom stereocenters. The van der Waals surface area contributed by atoms with E-state index in [1.165, 1.54) is 11.8 Å². The van der Waals surface area contributed by atoms with Crippen LogP contribution in [0.4, 0.5) is 0 Å². The van der Waals surface area contributed by atoms with Crippen LogP contribution in [0.2, 0.25) is 0 Å². The molecule has 16 heteroatoms. The number of fused-ring (bicyclic) bond motifs is 2. The summed E-state index contributed by atoms with van der Waals surface area (Å²) in [7, 11) is 0. The lowest BCUT2D eigenvalue weighted by Gasteiger charge is -2.26. The van der Waals surface area contributed by atoms with Crippen LogP contribution < -0.4 is 27.4 Å². The maximum Gasteiger partial charge on any atom is 0.317 e. The summed E-state index contributed by atoms with van der Waals surface area (Å²) in [5, 5.41) is 28.0. The smallest absolute Gasteiger partial charge is 0.317 e. The molecule has 0 bridgehead atoms. The van der Waals surface area contributed by atoms with Crippen LogP contribution in [-0.4, -0.2) is 91.9 Å². The number of hydrogen-bond donors (Lipinski definition) is 9. The van der Waals surface area contributed by atoms with E-state index >= 15 is 0 Å². The molecule has 0 spiro atoms. The number of H-pyrrole nitrogens is 2. The van der Waals surface area contributed by atoms with Crippen LogP contribution >= 0.6 is 11.8 Å². The van der Waals surface area contributed by atoms with Crippen LogP contribution in [0.15, 0.2) is 60.9 Å². The first-order valence-corrected chi connectivity index (χ1v) is 16.8. The molecule has 2 aromatic carbocycles. The molecular formula is C33H39N7O8S. The van der Waals surface area contributed by atoms with Gasteiger partial charge in [0, 0.05) is 47.0 Å². The minimum atomic E-state index is -2.03. The van der Waals surface area contributed by atoms with Crippen molar-refractivity contribution in [2.45, 2.75) is 49.9 Å². The first kappa shape index (κ1) is 36.5. The number of aromatic amines is 2. The van der Waals surface area contributed by atoms with Gasteiger partial charge in [-0.25, -0.2) is 0 Å². The molecule has 11 N–H and O–H groups in total. The number of carboxylic acid groups (broad SMARTS) is 2. The molecule has 0 saturated heterocycles. The number of benzene rings is 2. The van der Waals surface area contributed by atoms with E-state index in [9.17, 15) is 39.0 Å². The Morgan fingerprint density at radius 3 is 1.76 bits per heavy atom. The van der Waals surface area contributed by atoms with Crippen molar-refractivity contribution < 1.29 is 39.0 Å². The van der Waals surface area contributed by atoms with Gasteiger partial charge in [-0.3, -0.25) is 28.8 Å². The monoisotopic (exact) mass is 693 g/mol. The van der Waals surface area contributed by atoms with Crippen LogP contribution in [0.5, 0.6) is 0 Å². The van der Waals surface area contributed by atoms with E-state index in [1.807, 2.05) is 48.7 Å². The highest BCUT2D eigenvalue weighted by Gasteiger charge is 2.35. The van der Waals surface area contributed by atoms with Gasteiger partial charge in [0.1, 0.15) is 18.1 Å². The van der Waals surface area contributed by atoms with Gasteiger partial charge in [0.05, 0.1) is 6.04 Å². The third kappa shape index (κ3) is 9.39. The van der Waals surface area contributed by atoms with Crippen molar-refractivity contribution >= 4 is 69.1 Å². The van der Waals surface area contributed by atoms with Crippen molar-refractivity contribution in [1.29, 1.82) is 0 Å². The number of carboxylic acids is 2. The number of carbonyl (C=O) groups excluding carboxylic acids is 4. The minimum Gasteiger partial charge on any atom is -0.481 e. The summed E-state index contributed by atoms with van der Waals surface area (Å²) in [6, 6.07) is 9.68. The standard InChI is InChI=1S/C33H39N7O8S/c1-49-11-10-25(38-29(42)22(34)12-17-15-36-23-8-4-2-6-19(17)23)30(43)40-27(13-18-16-37-24-9-5-3-7-20(18)24)31(44)39-26(28(35)41)14-21(32(45)46)33(47)48/h2-9,15-16,21-22,25-27,36-37H,10-14,34H2,1H3,(H2,35,41)(H,38,42)(H,39,44)(H,40,43)(H,45,46)(H,47,48)/t22-,25-,26+,27-/m1/s1. The first-order valence-electron chi connectivity index (χ1n) is 15.4. The van der Waals surface area contributed by atoms with Crippen LogP contribution in [-0.2, 0) is 41.6 Å². The number of aliphatic carboxylic acids is 2. The van der Waals surface area contributed by atoms with Crippen LogP contribution in [0, 0.1) is 5.92 Å². The minimum absolute atomic E-state index is 0.0857. The predicted octanol–water partition coefficient (Wildman–Crippen LogP) is 0.630. The van der Waals surface area contributed by atoms with E-state index in [-0.39, 0.29) is 19.3 Å². The number of rotatable bonds is 18. The Kier molecular flexibility index (Phi) is 12.4. The molecule has 2 heterocycles. The number of aromatic nitrogens is 2. The molecule has 15 nitrogen and oxygen atoms in total. The average Bonchev–Trinajstić information content (AvgIpc) is 3.67. The summed E-state index contributed by atoms with van der Waals surface area (Å²) in [6.07, 6.45) is 4.75. The Hall–Kier alpha value is -5.35. The Morgan fingerprint density at radius 1 is 0.735 bits per heavy atom. The number of amides is 4. The fourth-order valence-corrected chi connectivity index (χ4v) is 5.95. The van der Waals surface area contributed by atoms with E-state index < -0.39 is 72.1 Å². The second-order valence-electron chi connectivity index (χ2n) is 11.6. The van der Waals surface area contributed by atoms with Crippen molar-refractivity contribution in [3.05, 3.63) is 72.1 Å².